The molecule has 0 saturated heterocycles. The summed E-state index contributed by atoms with van der Waals surface area (Å²) < 4.78 is 57.4. The van der Waals surface area contributed by atoms with Crippen LogP contribution in [0.25, 0.3) is 0 Å². The number of rotatable bonds is 10. The molecule has 10 rings (SSSR count). The van der Waals surface area contributed by atoms with Gasteiger partial charge in [0.25, 0.3) is 47.3 Å². The van der Waals surface area contributed by atoms with Crippen LogP contribution in [0.3, 0.4) is 0 Å². The molecule has 4 aliphatic heterocycles. The Labute approximate surface area is 384 Å². The number of benzene rings is 6. The van der Waals surface area contributed by atoms with E-state index in [1.807, 2.05) is 0 Å². The number of ketones is 1. The Bertz CT molecular complexity index is 3420. The highest BCUT2D eigenvalue weighted by Crippen LogP contribution is 2.44. The van der Waals surface area contributed by atoms with Gasteiger partial charge in [0.15, 0.2) is 5.78 Å². The topological polar surface area (TPSA) is 235 Å². The molecule has 0 unspecified atom stereocenters. The van der Waals surface area contributed by atoms with Crippen molar-refractivity contribution in [2.45, 2.75) is 19.6 Å². The van der Waals surface area contributed by atoms with Gasteiger partial charge in [0.2, 0.25) is 19.7 Å². The Hall–Kier alpha value is -9.07. The Morgan fingerprint density at radius 1 is 0.338 bits per heavy atom. The van der Waals surface area contributed by atoms with Crippen LogP contribution in [0.2, 0.25) is 0 Å². The molecule has 6 aromatic rings. The minimum atomic E-state index is -4.67. The van der Waals surface area contributed by atoms with E-state index in [4.69, 9.17) is 0 Å². The Morgan fingerprint density at radius 3 is 0.985 bits per heavy atom. The van der Waals surface area contributed by atoms with Crippen molar-refractivity contribution in [1.29, 1.82) is 0 Å². The van der Waals surface area contributed by atoms with Crippen molar-refractivity contribution >= 4 is 95.5 Å². The molecule has 0 fully saturated rings. The largest absolute Gasteiger partial charge is 0.289 e. The summed E-state index contributed by atoms with van der Waals surface area (Å²) in [6, 6.07) is 28.1. The Balaban J connectivity index is 1.01. The van der Waals surface area contributed by atoms with Crippen molar-refractivity contribution in [3.05, 3.63) is 191 Å². The Kier molecular flexibility index (Phi) is 9.79. The number of hydrogen-bond donors (Lipinski definition) is 0. The van der Waals surface area contributed by atoms with Crippen molar-refractivity contribution < 1.29 is 60.0 Å². The van der Waals surface area contributed by atoms with Gasteiger partial charge in [0, 0.05) is 35.4 Å². The number of anilines is 4. The molecule has 0 spiro atoms. The van der Waals surface area contributed by atoms with Gasteiger partial charge in [-0.15, -0.1) is 0 Å². The minimum absolute atomic E-state index is 0.178. The van der Waals surface area contributed by atoms with E-state index in [9.17, 15) is 60.0 Å². The lowest BCUT2D eigenvalue weighted by Crippen LogP contribution is -2.34. The standard InChI is InChI=1S/C49H26N4O13S2/c54-39-21-22-40(55)50(39)35-13-7-15-37(44(35)67(63,64)29-9-3-1-4-10-29)52-46(59)31-19-17-27(25-33(31)48(52)61)43(58)28-18-20-32-34(26-28)49(62)53(47(32)60)38-16-8-14-36(51-41(56)23-24-42(51)57)45(38)68(65,66)30-11-5-2-6-12-30/h1-26H. The van der Waals surface area contributed by atoms with Gasteiger partial charge in [0.05, 0.1) is 54.8 Å². The molecule has 0 aromatic heterocycles. The summed E-state index contributed by atoms with van der Waals surface area (Å²) in [5.41, 5.74) is -3.24. The van der Waals surface area contributed by atoms with Crippen LogP contribution in [-0.4, -0.2) is 69.9 Å². The van der Waals surface area contributed by atoms with Gasteiger partial charge < -0.3 is 0 Å². The molecule has 0 atom stereocenters. The second-order valence-electron chi connectivity index (χ2n) is 15.3. The van der Waals surface area contributed by atoms with Crippen LogP contribution in [0, 0.1) is 0 Å². The molecule has 4 heterocycles. The fourth-order valence-corrected chi connectivity index (χ4v) is 11.6. The normalized spacial score (nSPS) is 15.6. The average molecular weight is 943 g/mol. The van der Waals surface area contributed by atoms with Crippen LogP contribution in [0.15, 0.2) is 177 Å². The van der Waals surface area contributed by atoms with E-state index in [0.29, 0.717) is 19.6 Å². The third-order valence-electron chi connectivity index (χ3n) is 11.5. The monoisotopic (exact) mass is 942 g/mol. The van der Waals surface area contributed by atoms with E-state index in [-0.39, 0.29) is 43.2 Å². The SMILES string of the molecule is O=C(c1ccc2c(c1)C(=O)N(c1cccc(N3C(=O)C=CC3=O)c1S(=O)(=O)c1ccccc1)C2=O)c1ccc2c(c1)C(=O)N(c1cccc(N3C(=O)C=CC3=O)c1S(=O)(=O)c1ccccc1)C2=O. The van der Waals surface area contributed by atoms with E-state index in [1.165, 1.54) is 97.1 Å². The van der Waals surface area contributed by atoms with Crippen LogP contribution in [0.4, 0.5) is 22.7 Å². The van der Waals surface area contributed by atoms with E-state index >= 15 is 0 Å². The molecule has 17 nitrogen and oxygen atoms in total. The van der Waals surface area contributed by atoms with Crippen molar-refractivity contribution in [2.75, 3.05) is 19.6 Å². The lowest BCUT2D eigenvalue weighted by molar-refractivity contribution is -0.121. The summed E-state index contributed by atoms with van der Waals surface area (Å²) in [5.74, 6) is -8.36. The molecule has 0 N–H and O–H groups in total. The first kappa shape index (κ1) is 42.9. The number of nitrogens with zero attached hydrogens (tertiary/aromatic N) is 4. The molecule has 0 bridgehead atoms. The zero-order valence-corrected chi connectivity index (χ0v) is 36.1. The molecular formula is C49H26N4O13S2. The van der Waals surface area contributed by atoms with Crippen LogP contribution in [0.5, 0.6) is 0 Å². The third-order valence-corrected chi connectivity index (χ3v) is 15.2. The summed E-state index contributed by atoms with van der Waals surface area (Å²) in [4.78, 5) is 123. The number of fused-ring (bicyclic) bond motifs is 2. The quantitative estimate of drug-likeness (QED) is 0.129. The van der Waals surface area contributed by atoms with E-state index in [1.54, 1.807) is 12.1 Å². The molecular weight excluding hydrogens is 917 g/mol. The maximum atomic E-state index is 14.4. The van der Waals surface area contributed by atoms with Gasteiger partial charge in [-0.1, -0.05) is 60.7 Å². The van der Waals surface area contributed by atoms with Gasteiger partial charge in [-0.05, 0) is 72.8 Å². The van der Waals surface area contributed by atoms with Gasteiger partial charge in [-0.2, -0.15) is 0 Å². The molecule has 8 amide bonds. The van der Waals surface area contributed by atoms with E-state index < -0.39 is 105 Å². The van der Waals surface area contributed by atoms with Gasteiger partial charge in [-0.25, -0.2) is 36.4 Å². The second-order valence-corrected chi connectivity index (χ2v) is 19.1. The number of carbonyl (C=O) groups is 9. The van der Waals surface area contributed by atoms with Crippen molar-refractivity contribution in [3.63, 3.8) is 0 Å². The highest BCUT2D eigenvalue weighted by atomic mass is 32.2. The highest BCUT2D eigenvalue weighted by Gasteiger charge is 2.45. The van der Waals surface area contributed by atoms with Crippen LogP contribution >= 0.6 is 0 Å². The summed E-state index contributed by atoms with van der Waals surface area (Å²) in [6.45, 7) is 0. The molecule has 4 aliphatic rings. The molecule has 0 radical (unpaired) electrons. The third kappa shape index (κ3) is 6.39. The van der Waals surface area contributed by atoms with Gasteiger partial charge >= 0.3 is 0 Å². The molecule has 332 valence electrons. The van der Waals surface area contributed by atoms with Crippen molar-refractivity contribution in [2.24, 2.45) is 0 Å². The Morgan fingerprint density at radius 2 is 0.647 bits per heavy atom. The first-order valence-electron chi connectivity index (χ1n) is 20.1. The molecule has 0 saturated carbocycles. The van der Waals surface area contributed by atoms with E-state index in [2.05, 4.69) is 0 Å². The number of amides is 8. The summed E-state index contributed by atoms with van der Waals surface area (Å²) >= 11 is 0. The number of sulfone groups is 2. The zero-order valence-electron chi connectivity index (χ0n) is 34.4. The summed E-state index contributed by atoms with van der Waals surface area (Å²) in [6.07, 6.45) is 3.76. The summed E-state index contributed by atoms with van der Waals surface area (Å²) in [7, 11) is -9.35. The maximum Gasteiger partial charge on any atom is 0.266 e. The number of hydrogen-bond acceptors (Lipinski definition) is 13. The molecule has 0 aliphatic carbocycles. The minimum Gasteiger partial charge on any atom is -0.289 e. The fourth-order valence-electron chi connectivity index (χ4n) is 8.36. The van der Waals surface area contributed by atoms with Crippen molar-refractivity contribution in [3.8, 4) is 0 Å². The first-order valence-corrected chi connectivity index (χ1v) is 23.1. The lowest BCUT2D eigenvalue weighted by atomic mass is 9.96. The van der Waals surface area contributed by atoms with E-state index in [0.717, 1.165) is 48.6 Å². The molecule has 19 heteroatoms. The fraction of sp³-hybridized carbons (Fsp3) is 0. The summed E-state index contributed by atoms with van der Waals surface area (Å²) in [5, 5.41) is 0. The van der Waals surface area contributed by atoms with Crippen LogP contribution < -0.4 is 19.6 Å². The van der Waals surface area contributed by atoms with Gasteiger partial charge in [0.1, 0.15) is 9.79 Å². The van der Waals surface area contributed by atoms with Crippen molar-refractivity contribution in [1.82, 2.24) is 0 Å². The number of carbonyl (C=O) groups excluding carboxylic acids is 9. The molecule has 68 heavy (non-hydrogen) atoms. The van der Waals surface area contributed by atoms with Gasteiger partial charge in [-0.3, -0.25) is 43.2 Å². The van der Waals surface area contributed by atoms with Crippen LogP contribution in [-0.2, 0) is 38.9 Å². The predicted octanol–water partition coefficient (Wildman–Crippen LogP) is 5.04. The van der Waals surface area contributed by atoms with Crippen LogP contribution in [0.1, 0.15) is 57.4 Å². The molecule has 6 aromatic carbocycles. The second kappa shape index (κ2) is 15.5. The number of imide groups is 4. The first-order chi connectivity index (χ1) is 32.5. The predicted molar refractivity (Wildman–Crippen MR) is 239 cm³/mol. The highest BCUT2D eigenvalue weighted by molar-refractivity contribution is 7.92. The average Bonchev–Trinajstić information content (AvgIpc) is 4.02. The zero-order chi connectivity index (χ0) is 48.0. The lowest BCUT2D eigenvalue weighted by Gasteiger charge is -2.24. The maximum absolute atomic E-state index is 14.4. The smallest absolute Gasteiger partial charge is 0.266 e.